The topological polar surface area (TPSA) is 36.1 Å². The van der Waals surface area contributed by atoms with Crippen molar-refractivity contribution in [1.82, 2.24) is 9.88 Å². The van der Waals surface area contributed by atoms with E-state index in [1.165, 1.54) is 0 Å². The minimum absolute atomic E-state index is 0. The van der Waals surface area contributed by atoms with E-state index in [1.807, 2.05) is 12.1 Å². The summed E-state index contributed by atoms with van der Waals surface area (Å²) in [5.74, 6) is 0. The molecule has 4 heteroatoms. The summed E-state index contributed by atoms with van der Waals surface area (Å²) in [4.78, 5) is 16.4. The van der Waals surface area contributed by atoms with Crippen molar-refractivity contribution in [3.05, 3.63) is 48.1 Å². The second-order valence-corrected chi connectivity index (χ2v) is 3.67. The molecule has 3 nitrogen and oxygen atoms in total. The largest absolute Gasteiger partial charge is 2.00 e. The van der Waals surface area contributed by atoms with Gasteiger partial charge in [0, 0.05) is 18.3 Å². The summed E-state index contributed by atoms with van der Waals surface area (Å²) in [5.41, 5.74) is 0.913. The Labute approximate surface area is 112 Å². The van der Waals surface area contributed by atoms with Crippen molar-refractivity contribution in [2.75, 3.05) is 13.1 Å². The van der Waals surface area contributed by atoms with Gasteiger partial charge in [-0.15, -0.1) is 0 Å². The van der Waals surface area contributed by atoms with Crippen LogP contribution >= 0.6 is 0 Å². The second kappa shape index (κ2) is 7.80. The molecule has 2 rings (SSSR count). The molecule has 0 aliphatic carbocycles. The van der Waals surface area contributed by atoms with Crippen LogP contribution in [0.2, 0.25) is 0 Å². The molecule has 1 aromatic rings. The van der Waals surface area contributed by atoms with Gasteiger partial charge in [0.25, 0.3) is 5.56 Å². The molecule has 1 N–H and O–H groups in total. The van der Waals surface area contributed by atoms with Crippen LogP contribution in [-0.2, 0) is 27.6 Å². The molecule has 0 unspecified atom stereocenters. The van der Waals surface area contributed by atoms with Gasteiger partial charge in [-0.1, -0.05) is 6.07 Å². The van der Waals surface area contributed by atoms with E-state index >= 15 is 0 Å². The summed E-state index contributed by atoms with van der Waals surface area (Å²) in [6.45, 7) is 2.94. The molecule has 0 bridgehead atoms. The van der Waals surface area contributed by atoms with Crippen molar-refractivity contribution < 1.29 is 21.1 Å². The zero-order chi connectivity index (χ0) is 9.80. The maximum atomic E-state index is 11.4. The van der Waals surface area contributed by atoms with Crippen LogP contribution in [-0.4, -0.2) is 23.0 Å². The number of pyridine rings is 1. The molecule has 1 fully saturated rings. The molecule has 1 saturated heterocycles. The molecule has 2 heterocycles. The van der Waals surface area contributed by atoms with Gasteiger partial charge in [0.1, 0.15) is 0 Å². The van der Waals surface area contributed by atoms with Gasteiger partial charge in [-0.05, 0) is 19.2 Å². The van der Waals surface area contributed by atoms with E-state index in [0.29, 0.717) is 0 Å². The van der Waals surface area contributed by atoms with Crippen LogP contribution in [0.3, 0.4) is 0 Å². The maximum Gasteiger partial charge on any atom is 2.00 e. The number of piperidine rings is 1. The Kier molecular flexibility index (Phi) is 7.61. The van der Waals surface area contributed by atoms with Crippen molar-refractivity contribution in [3.63, 3.8) is 0 Å². The summed E-state index contributed by atoms with van der Waals surface area (Å²) in [6.07, 6.45) is 6.27. The van der Waals surface area contributed by atoms with Crippen LogP contribution in [0.4, 0.5) is 0 Å². The van der Waals surface area contributed by atoms with Crippen LogP contribution < -0.4 is 5.56 Å². The van der Waals surface area contributed by atoms with Crippen molar-refractivity contribution in [3.8, 4) is 0 Å². The van der Waals surface area contributed by atoms with Gasteiger partial charge in [0.15, 0.2) is 0 Å². The van der Waals surface area contributed by atoms with E-state index in [4.69, 9.17) is 0 Å². The minimum atomic E-state index is 0. The molecule has 0 saturated carbocycles. The normalized spacial score (nSPS) is 16.0. The number of hydrogen-bond acceptors (Lipinski definition) is 2. The van der Waals surface area contributed by atoms with E-state index in [-0.39, 0.29) is 34.1 Å². The molecule has 1 aliphatic heterocycles. The maximum absolute atomic E-state index is 11.4. The molecule has 0 aromatic carbocycles. The molecule has 0 radical (unpaired) electrons. The van der Waals surface area contributed by atoms with Crippen LogP contribution in [0.15, 0.2) is 23.1 Å². The summed E-state index contributed by atoms with van der Waals surface area (Å²) in [6, 6.07) is 3.78. The third-order valence-corrected chi connectivity index (χ3v) is 2.59. The van der Waals surface area contributed by atoms with Gasteiger partial charge < -0.3 is 23.7 Å². The Morgan fingerprint density at radius 1 is 1.38 bits per heavy atom. The predicted octanol–water partition coefficient (Wildman–Crippen LogP) is 1.62. The first-order valence-electron chi connectivity index (χ1n) is 5.07. The minimum Gasteiger partial charge on any atom is -0.358 e. The smallest absolute Gasteiger partial charge is 0.358 e. The van der Waals surface area contributed by atoms with E-state index < -0.39 is 0 Å². The van der Waals surface area contributed by atoms with Crippen LogP contribution in [0, 0.1) is 13.8 Å². The summed E-state index contributed by atoms with van der Waals surface area (Å²) < 4.78 is 0. The monoisotopic (exact) mass is 390 g/mol. The molecule has 0 atom stereocenters. The number of likely N-dealkylation sites (tertiary alicyclic amines) is 1. The SMILES string of the molecule is O=c1[nH]cccc1CN1CC[CH-]CC1.[CH3-].[W+2]. The van der Waals surface area contributed by atoms with Gasteiger partial charge in [-0.2, -0.15) is 12.8 Å². The number of aromatic nitrogens is 1. The van der Waals surface area contributed by atoms with Crippen molar-refractivity contribution in [2.45, 2.75) is 19.4 Å². The molecule has 0 spiro atoms. The average Bonchev–Trinajstić information content (AvgIpc) is 2.23. The van der Waals surface area contributed by atoms with Gasteiger partial charge in [-0.3, -0.25) is 4.79 Å². The van der Waals surface area contributed by atoms with E-state index in [0.717, 1.165) is 38.0 Å². The average molecular weight is 390 g/mol. The quantitative estimate of drug-likeness (QED) is 0.780. The molecule has 16 heavy (non-hydrogen) atoms. The van der Waals surface area contributed by atoms with E-state index in [1.54, 1.807) is 6.20 Å². The first-order chi connectivity index (χ1) is 6.86. The fraction of sp³-hybridized carbons (Fsp3) is 0.417. The van der Waals surface area contributed by atoms with Crippen molar-refractivity contribution >= 4 is 0 Å². The van der Waals surface area contributed by atoms with Gasteiger partial charge >= 0.3 is 21.1 Å². The fourth-order valence-electron chi connectivity index (χ4n) is 1.78. The zero-order valence-electron chi connectivity index (χ0n) is 9.61. The summed E-state index contributed by atoms with van der Waals surface area (Å²) in [7, 11) is 0. The molecular weight excluding hydrogens is 372 g/mol. The summed E-state index contributed by atoms with van der Waals surface area (Å²) in [5, 5.41) is 0. The van der Waals surface area contributed by atoms with Gasteiger partial charge in [-0.25, -0.2) is 0 Å². The standard InChI is InChI=1S/C11H15N2O.CH3.W/c14-11-10(5-4-6-12-11)9-13-7-2-1-3-8-13;;/h1,4-6H,2-3,7-9H2,(H,12,14);1H3;/q2*-1;+2. The molecule has 1 aliphatic rings. The third-order valence-electron chi connectivity index (χ3n) is 2.59. The van der Waals surface area contributed by atoms with Gasteiger partial charge in [0.2, 0.25) is 0 Å². The second-order valence-electron chi connectivity index (χ2n) is 3.67. The number of H-pyrrole nitrogens is 1. The molecular formula is C12H18N2OW. The van der Waals surface area contributed by atoms with Gasteiger partial charge in [0.05, 0.1) is 0 Å². The Morgan fingerprint density at radius 3 is 2.69 bits per heavy atom. The Bertz CT molecular complexity index is 345. The van der Waals surface area contributed by atoms with Crippen LogP contribution in [0.25, 0.3) is 0 Å². The van der Waals surface area contributed by atoms with E-state index in [9.17, 15) is 4.79 Å². The molecule has 0 amide bonds. The third kappa shape index (κ3) is 4.23. The molecule has 1 aromatic heterocycles. The Hall–Kier alpha value is -0.402. The number of aromatic amines is 1. The number of hydrogen-bond donors (Lipinski definition) is 1. The number of rotatable bonds is 2. The van der Waals surface area contributed by atoms with Crippen molar-refractivity contribution in [1.29, 1.82) is 0 Å². The van der Waals surface area contributed by atoms with Crippen LogP contribution in [0.5, 0.6) is 0 Å². The van der Waals surface area contributed by atoms with Crippen LogP contribution in [0.1, 0.15) is 18.4 Å². The predicted molar refractivity (Wildman–Crippen MR) is 62.3 cm³/mol. The Morgan fingerprint density at radius 2 is 2.06 bits per heavy atom. The van der Waals surface area contributed by atoms with E-state index in [2.05, 4.69) is 16.3 Å². The fourth-order valence-corrected chi connectivity index (χ4v) is 1.78. The first-order valence-corrected chi connectivity index (χ1v) is 5.07. The Balaban J connectivity index is 0.00000112. The number of nitrogens with one attached hydrogen (secondary N) is 1. The number of nitrogens with zero attached hydrogens (tertiary/aromatic N) is 1. The van der Waals surface area contributed by atoms with Crippen molar-refractivity contribution in [2.24, 2.45) is 0 Å². The summed E-state index contributed by atoms with van der Waals surface area (Å²) >= 11 is 0. The first kappa shape index (κ1) is 15.6. The zero-order valence-corrected chi connectivity index (χ0v) is 12.5. The molecule has 88 valence electrons.